The van der Waals surface area contributed by atoms with E-state index in [0.29, 0.717) is 5.92 Å². The Morgan fingerprint density at radius 1 is 0.923 bits per heavy atom. The van der Waals surface area contributed by atoms with E-state index >= 15 is 0 Å². The molecule has 0 radical (unpaired) electrons. The van der Waals surface area contributed by atoms with Gasteiger partial charge in [0.15, 0.2) is 0 Å². The molecule has 0 aromatic heterocycles. The molecule has 1 aliphatic rings. The van der Waals surface area contributed by atoms with Crippen LogP contribution < -0.4 is 0 Å². The van der Waals surface area contributed by atoms with Crippen LogP contribution in [0.1, 0.15) is 53.5 Å². The topological polar surface area (TPSA) is 0 Å². The van der Waals surface area contributed by atoms with E-state index in [4.69, 9.17) is 0 Å². The molecule has 1 unspecified atom stereocenters. The molecule has 1 atom stereocenters. The van der Waals surface area contributed by atoms with Crippen LogP contribution >= 0.6 is 0 Å². The van der Waals surface area contributed by atoms with Gasteiger partial charge in [-0.05, 0) is 83.0 Å². The molecule has 1 aliphatic carbocycles. The van der Waals surface area contributed by atoms with Gasteiger partial charge < -0.3 is 0 Å². The third kappa shape index (κ3) is 3.46. The first-order valence-electron chi connectivity index (χ1n) is 10.0. The molecule has 0 amide bonds. The van der Waals surface area contributed by atoms with E-state index in [1.165, 1.54) is 46.7 Å². The van der Waals surface area contributed by atoms with Gasteiger partial charge in [0.25, 0.3) is 0 Å². The summed E-state index contributed by atoms with van der Waals surface area (Å²) in [6.45, 7) is 6.06. The molecule has 0 fully saturated rings. The zero-order chi connectivity index (χ0) is 17.9. The molecule has 4 rings (SSSR count). The van der Waals surface area contributed by atoms with Gasteiger partial charge in [-0.3, -0.25) is 0 Å². The highest BCUT2D eigenvalue weighted by Gasteiger charge is 2.20. The van der Waals surface area contributed by atoms with Crippen LogP contribution in [0.5, 0.6) is 0 Å². The van der Waals surface area contributed by atoms with Crippen LogP contribution in [-0.2, 0) is 25.7 Å². The lowest BCUT2D eigenvalue weighted by molar-refractivity contribution is 0.585. The van der Waals surface area contributed by atoms with Crippen LogP contribution in [0.25, 0.3) is 10.8 Å². The summed E-state index contributed by atoms with van der Waals surface area (Å²) in [6, 6.07) is 21.1. The van der Waals surface area contributed by atoms with E-state index in [1.807, 2.05) is 6.08 Å². The Hall–Kier alpha value is -2.34. The first kappa shape index (κ1) is 17.1. The monoisotopic (exact) mass is 340 g/mol. The van der Waals surface area contributed by atoms with E-state index < -0.39 is 0 Å². The average Bonchev–Trinajstić information content (AvgIpc) is 2.70. The first-order chi connectivity index (χ1) is 12.8. The fourth-order valence-electron chi connectivity index (χ4n) is 4.30. The fourth-order valence-corrected chi connectivity index (χ4v) is 4.30. The Balaban J connectivity index is 1.56. The van der Waals surface area contributed by atoms with Crippen LogP contribution in [0.3, 0.4) is 0 Å². The number of rotatable bonds is 5. The summed E-state index contributed by atoms with van der Waals surface area (Å²) in [7, 11) is 0. The molecule has 0 heteroatoms. The van der Waals surface area contributed by atoms with E-state index in [1.54, 1.807) is 11.1 Å². The summed E-state index contributed by atoms with van der Waals surface area (Å²) >= 11 is 0. The van der Waals surface area contributed by atoms with Crippen molar-refractivity contribution in [3.8, 4) is 0 Å². The van der Waals surface area contributed by atoms with Gasteiger partial charge in [-0.2, -0.15) is 0 Å². The normalized spacial score (nSPS) is 16.4. The van der Waals surface area contributed by atoms with Crippen molar-refractivity contribution in [1.29, 1.82) is 0 Å². The second kappa shape index (κ2) is 7.50. The van der Waals surface area contributed by atoms with Crippen molar-refractivity contribution in [1.82, 2.24) is 0 Å². The highest BCUT2D eigenvalue weighted by atomic mass is 14.2. The Labute approximate surface area is 157 Å². The van der Waals surface area contributed by atoms with Gasteiger partial charge in [0.1, 0.15) is 0 Å². The summed E-state index contributed by atoms with van der Waals surface area (Å²) in [5.41, 5.74) is 7.49. The van der Waals surface area contributed by atoms with Crippen molar-refractivity contribution < 1.29 is 0 Å². The largest absolute Gasteiger partial charge is 0.103 e. The van der Waals surface area contributed by atoms with E-state index in [-0.39, 0.29) is 0 Å². The van der Waals surface area contributed by atoms with Crippen LogP contribution in [0.4, 0.5) is 0 Å². The van der Waals surface area contributed by atoms with Crippen LogP contribution in [0.2, 0.25) is 0 Å². The Bertz CT molecular complexity index is 932. The molecule has 0 heterocycles. The minimum Gasteiger partial charge on any atom is -0.103 e. The Morgan fingerprint density at radius 2 is 1.73 bits per heavy atom. The molecule has 0 N–H and O–H groups in total. The Morgan fingerprint density at radius 3 is 2.58 bits per heavy atom. The van der Waals surface area contributed by atoms with Gasteiger partial charge >= 0.3 is 0 Å². The minimum atomic E-state index is 0.650. The van der Waals surface area contributed by atoms with Gasteiger partial charge in [0.05, 0.1) is 0 Å². The van der Waals surface area contributed by atoms with Crippen molar-refractivity contribution in [2.24, 2.45) is 0 Å². The molecule has 132 valence electrons. The SMILES string of the molecule is C=CCCc1ccc2c(c1)CCC(c1ccc3cc(CC)ccc3c1)C2. The maximum atomic E-state index is 3.84. The molecular formula is C26H28. The maximum Gasteiger partial charge on any atom is -0.0118 e. The van der Waals surface area contributed by atoms with E-state index in [0.717, 1.165) is 19.3 Å². The molecule has 0 bridgehead atoms. The first-order valence-corrected chi connectivity index (χ1v) is 10.0. The van der Waals surface area contributed by atoms with Crippen molar-refractivity contribution in [2.45, 2.75) is 51.4 Å². The number of fused-ring (bicyclic) bond motifs is 2. The third-order valence-electron chi connectivity index (χ3n) is 5.94. The molecular weight excluding hydrogens is 312 g/mol. The average molecular weight is 341 g/mol. The summed E-state index contributed by atoms with van der Waals surface area (Å²) in [5, 5.41) is 2.75. The Kier molecular flexibility index (Phi) is 4.93. The third-order valence-corrected chi connectivity index (χ3v) is 5.94. The minimum absolute atomic E-state index is 0.650. The smallest absolute Gasteiger partial charge is 0.0118 e. The van der Waals surface area contributed by atoms with Gasteiger partial charge in [-0.25, -0.2) is 0 Å². The molecule has 0 saturated carbocycles. The quantitative estimate of drug-likeness (QED) is 0.448. The van der Waals surface area contributed by atoms with Crippen LogP contribution in [-0.4, -0.2) is 0 Å². The lowest BCUT2D eigenvalue weighted by Gasteiger charge is -2.26. The number of hydrogen-bond acceptors (Lipinski definition) is 0. The van der Waals surface area contributed by atoms with Crippen molar-refractivity contribution in [3.63, 3.8) is 0 Å². The highest BCUT2D eigenvalue weighted by molar-refractivity contribution is 5.84. The van der Waals surface area contributed by atoms with Crippen LogP contribution in [0.15, 0.2) is 67.3 Å². The highest BCUT2D eigenvalue weighted by Crippen LogP contribution is 2.34. The van der Waals surface area contributed by atoms with Crippen molar-refractivity contribution in [2.75, 3.05) is 0 Å². The molecule has 3 aromatic carbocycles. The fraction of sp³-hybridized carbons (Fsp3) is 0.308. The van der Waals surface area contributed by atoms with Crippen molar-refractivity contribution in [3.05, 3.63) is 95.1 Å². The molecule has 0 nitrogen and oxygen atoms in total. The van der Waals surface area contributed by atoms with E-state index in [9.17, 15) is 0 Å². The number of benzene rings is 3. The molecule has 0 aliphatic heterocycles. The predicted octanol–water partition coefficient (Wildman–Crippen LogP) is 6.79. The van der Waals surface area contributed by atoms with Crippen LogP contribution in [0, 0.1) is 0 Å². The van der Waals surface area contributed by atoms with Gasteiger partial charge in [0, 0.05) is 0 Å². The summed E-state index contributed by atoms with van der Waals surface area (Å²) in [5.74, 6) is 0.650. The van der Waals surface area contributed by atoms with E-state index in [2.05, 4.69) is 68.1 Å². The molecule has 26 heavy (non-hydrogen) atoms. The van der Waals surface area contributed by atoms with Crippen molar-refractivity contribution >= 4 is 10.8 Å². The maximum absolute atomic E-state index is 3.84. The second-order valence-electron chi connectivity index (χ2n) is 7.66. The summed E-state index contributed by atoms with van der Waals surface area (Å²) in [6.07, 6.45) is 8.94. The van der Waals surface area contributed by atoms with Gasteiger partial charge in [-0.1, -0.05) is 67.6 Å². The van der Waals surface area contributed by atoms with Gasteiger partial charge in [-0.15, -0.1) is 6.58 Å². The molecule has 0 saturated heterocycles. The number of aryl methyl sites for hydroxylation is 3. The number of hydrogen-bond donors (Lipinski definition) is 0. The zero-order valence-electron chi connectivity index (χ0n) is 15.8. The summed E-state index contributed by atoms with van der Waals surface area (Å²) < 4.78 is 0. The lowest BCUT2D eigenvalue weighted by Crippen LogP contribution is -2.13. The predicted molar refractivity (Wildman–Crippen MR) is 113 cm³/mol. The zero-order valence-corrected chi connectivity index (χ0v) is 15.8. The second-order valence-corrected chi connectivity index (χ2v) is 7.66. The molecule has 3 aromatic rings. The number of allylic oxidation sites excluding steroid dienone is 1. The molecule has 0 spiro atoms. The summed E-state index contributed by atoms with van der Waals surface area (Å²) in [4.78, 5) is 0. The van der Waals surface area contributed by atoms with Gasteiger partial charge in [0.2, 0.25) is 0 Å². The lowest BCUT2D eigenvalue weighted by atomic mass is 9.79. The standard InChI is InChI=1S/C26H28/c1-3-5-6-20-8-10-24-18-26(14-12-22(24)16-20)25-13-11-21-15-19(4-2)7-9-23(21)17-25/h3,7-11,13,15-17,26H,1,4-6,12,14,18H2,2H3.